The molecule has 0 bridgehead atoms. The summed E-state index contributed by atoms with van der Waals surface area (Å²) in [6.07, 6.45) is 4.43. The van der Waals surface area contributed by atoms with E-state index in [0.717, 1.165) is 25.1 Å². The Morgan fingerprint density at radius 3 is 2.80 bits per heavy atom. The minimum atomic E-state index is -0.655. The van der Waals surface area contributed by atoms with Crippen LogP contribution in [0.5, 0.6) is 0 Å². The number of likely N-dealkylation sites (N-methyl/N-ethyl adjacent to an activating group) is 1. The van der Waals surface area contributed by atoms with E-state index in [1.165, 1.54) is 0 Å². The van der Waals surface area contributed by atoms with Crippen molar-refractivity contribution in [1.29, 1.82) is 0 Å². The lowest BCUT2D eigenvalue weighted by Crippen LogP contribution is -2.45. The minimum Gasteiger partial charge on any atom is -0.388 e. The molecule has 2 heterocycles. The van der Waals surface area contributed by atoms with Gasteiger partial charge in [-0.3, -0.25) is 4.90 Å². The quantitative estimate of drug-likeness (QED) is 0.815. The molecule has 6 nitrogen and oxygen atoms in total. The molecule has 1 aromatic rings. The first-order valence-corrected chi connectivity index (χ1v) is 7.41. The van der Waals surface area contributed by atoms with Crippen molar-refractivity contribution >= 4 is 0 Å². The summed E-state index contributed by atoms with van der Waals surface area (Å²) in [6, 6.07) is 0. The van der Waals surface area contributed by atoms with Crippen LogP contribution in [-0.4, -0.2) is 52.6 Å². The van der Waals surface area contributed by atoms with Gasteiger partial charge in [-0.15, -0.1) is 0 Å². The van der Waals surface area contributed by atoms with Gasteiger partial charge in [0.25, 0.3) is 0 Å². The molecule has 20 heavy (non-hydrogen) atoms. The maximum atomic E-state index is 10.5. The Balaban J connectivity index is 1.81. The number of aryl methyl sites for hydroxylation is 1. The summed E-state index contributed by atoms with van der Waals surface area (Å²) in [6.45, 7) is 4.58. The van der Waals surface area contributed by atoms with Crippen molar-refractivity contribution in [1.82, 2.24) is 15.0 Å². The van der Waals surface area contributed by atoms with Crippen molar-refractivity contribution < 1.29 is 14.4 Å². The Hall–Kier alpha value is -0.980. The molecule has 0 saturated carbocycles. The fourth-order valence-electron chi connectivity index (χ4n) is 2.49. The second-order valence-electron chi connectivity index (χ2n) is 5.72. The summed E-state index contributed by atoms with van der Waals surface area (Å²) in [5.74, 6) is 1.40. The van der Waals surface area contributed by atoms with E-state index in [-0.39, 0.29) is 0 Å². The molecule has 0 aromatic carbocycles. The maximum absolute atomic E-state index is 10.5. The van der Waals surface area contributed by atoms with Crippen molar-refractivity contribution in [2.24, 2.45) is 0 Å². The SMILES string of the molecule is CCCCc1noc(CN(C)CC2(O)CCOCC2)n1. The fourth-order valence-corrected chi connectivity index (χ4v) is 2.49. The number of aromatic nitrogens is 2. The van der Waals surface area contributed by atoms with Crippen LogP contribution in [0.3, 0.4) is 0 Å². The number of ether oxygens (including phenoxy) is 1. The third kappa shape index (κ3) is 4.54. The van der Waals surface area contributed by atoms with Crippen molar-refractivity contribution in [2.75, 3.05) is 26.8 Å². The minimum absolute atomic E-state index is 0.572. The molecule has 0 atom stereocenters. The molecule has 0 radical (unpaired) electrons. The van der Waals surface area contributed by atoms with Crippen LogP contribution in [0.15, 0.2) is 4.52 Å². The summed E-state index contributed by atoms with van der Waals surface area (Å²) in [5, 5.41) is 14.4. The fraction of sp³-hybridized carbons (Fsp3) is 0.857. The van der Waals surface area contributed by atoms with Crippen LogP contribution in [0, 0.1) is 0 Å². The smallest absolute Gasteiger partial charge is 0.240 e. The Morgan fingerprint density at radius 2 is 2.10 bits per heavy atom. The van der Waals surface area contributed by atoms with Crippen LogP contribution < -0.4 is 0 Å². The van der Waals surface area contributed by atoms with Gasteiger partial charge in [0.05, 0.1) is 12.1 Å². The molecule has 1 fully saturated rings. The molecule has 1 saturated heterocycles. The molecule has 0 unspecified atom stereocenters. The third-order valence-electron chi connectivity index (χ3n) is 3.66. The van der Waals surface area contributed by atoms with Crippen LogP contribution in [0.2, 0.25) is 0 Å². The van der Waals surface area contributed by atoms with E-state index in [9.17, 15) is 5.11 Å². The summed E-state index contributed by atoms with van der Waals surface area (Å²) >= 11 is 0. The lowest BCUT2D eigenvalue weighted by atomic mass is 9.94. The number of unbranched alkanes of at least 4 members (excludes halogenated alkanes) is 1. The average molecular weight is 283 g/mol. The van der Waals surface area contributed by atoms with E-state index < -0.39 is 5.60 Å². The number of rotatable bonds is 7. The first-order chi connectivity index (χ1) is 9.61. The molecular weight excluding hydrogens is 258 g/mol. The topological polar surface area (TPSA) is 71.6 Å². The standard InChI is InChI=1S/C14H25N3O3/c1-3-4-5-12-15-13(20-16-12)10-17(2)11-14(18)6-8-19-9-7-14/h18H,3-11H2,1-2H3. The van der Waals surface area contributed by atoms with Gasteiger partial charge >= 0.3 is 0 Å². The molecule has 2 rings (SSSR count). The van der Waals surface area contributed by atoms with E-state index in [2.05, 4.69) is 17.1 Å². The molecule has 1 aliphatic rings. The highest BCUT2D eigenvalue weighted by Gasteiger charge is 2.31. The van der Waals surface area contributed by atoms with E-state index in [4.69, 9.17) is 9.26 Å². The molecule has 1 aliphatic heterocycles. The monoisotopic (exact) mass is 283 g/mol. The predicted molar refractivity (Wildman–Crippen MR) is 74.2 cm³/mol. The molecular formula is C14H25N3O3. The van der Waals surface area contributed by atoms with Gasteiger partial charge in [-0.05, 0) is 13.5 Å². The van der Waals surface area contributed by atoms with Crippen molar-refractivity contribution in [2.45, 2.75) is 51.2 Å². The van der Waals surface area contributed by atoms with Crippen LogP contribution >= 0.6 is 0 Å². The maximum Gasteiger partial charge on any atom is 0.240 e. The summed E-state index contributed by atoms with van der Waals surface area (Å²) in [4.78, 5) is 6.41. The number of aliphatic hydroxyl groups is 1. The first kappa shape index (κ1) is 15.4. The average Bonchev–Trinajstić information content (AvgIpc) is 2.84. The van der Waals surface area contributed by atoms with Gasteiger partial charge in [0, 0.05) is 39.0 Å². The van der Waals surface area contributed by atoms with Gasteiger partial charge in [0.2, 0.25) is 5.89 Å². The van der Waals surface area contributed by atoms with E-state index >= 15 is 0 Å². The van der Waals surface area contributed by atoms with Crippen LogP contribution in [-0.2, 0) is 17.7 Å². The highest BCUT2D eigenvalue weighted by atomic mass is 16.5. The highest BCUT2D eigenvalue weighted by molar-refractivity contribution is 4.89. The third-order valence-corrected chi connectivity index (χ3v) is 3.66. The van der Waals surface area contributed by atoms with Gasteiger partial charge in [0.15, 0.2) is 5.82 Å². The summed E-state index contributed by atoms with van der Waals surface area (Å²) in [7, 11) is 1.96. The Labute approximate surface area is 120 Å². The van der Waals surface area contributed by atoms with Gasteiger partial charge in [-0.2, -0.15) is 4.98 Å². The second-order valence-corrected chi connectivity index (χ2v) is 5.72. The zero-order chi connectivity index (χ0) is 14.4. The molecule has 114 valence electrons. The molecule has 0 spiro atoms. The van der Waals surface area contributed by atoms with E-state index in [1.807, 2.05) is 11.9 Å². The molecule has 1 N–H and O–H groups in total. The molecule has 0 amide bonds. The van der Waals surface area contributed by atoms with E-state index in [1.54, 1.807) is 0 Å². The summed E-state index contributed by atoms with van der Waals surface area (Å²) < 4.78 is 10.5. The largest absolute Gasteiger partial charge is 0.388 e. The second kappa shape index (κ2) is 7.15. The van der Waals surface area contributed by atoms with E-state index in [0.29, 0.717) is 45.0 Å². The van der Waals surface area contributed by atoms with Gasteiger partial charge in [-0.25, -0.2) is 0 Å². The number of hydrogen-bond donors (Lipinski definition) is 1. The van der Waals surface area contributed by atoms with Crippen LogP contribution in [0.25, 0.3) is 0 Å². The predicted octanol–water partition coefficient (Wildman–Crippen LogP) is 1.39. The Morgan fingerprint density at radius 1 is 1.35 bits per heavy atom. The van der Waals surface area contributed by atoms with Gasteiger partial charge in [-0.1, -0.05) is 18.5 Å². The number of nitrogens with zero attached hydrogens (tertiary/aromatic N) is 3. The normalized spacial score (nSPS) is 18.6. The number of hydrogen-bond acceptors (Lipinski definition) is 6. The first-order valence-electron chi connectivity index (χ1n) is 7.41. The zero-order valence-electron chi connectivity index (χ0n) is 12.5. The highest BCUT2D eigenvalue weighted by Crippen LogP contribution is 2.21. The molecule has 0 aliphatic carbocycles. The lowest BCUT2D eigenvalue weighted by Gasteiger charge is -2.35. The Bertz CT molecular complexity index is 402. The molecule has 6 heteroatoms. The summed E-state index contributed by atoms with van der Waals surface area (Å²) in [5.41, 5.74) is -0.655. The lowest BCUT2D eigenvalue weighted by molar-refractivity contribution is -0.0784. The van der Waals surface area contributed by atoms with Gasteiger partial charge in [0.1, 0.15) is 0 Å². The van der Waals surface area contributed by atoms with Crippen molar-refractivity contribution in [3.05, 3.63) is 11.7 Å². The Kier molecular flexibility index (Phi) is 5.51. The van der Waals surface area contributed by atoms with Crippen molar-refractivity contribution in [3.8, 4) is 0 Å². The van der Waals surface area contributed by atoms with Crippen molar-refractivity contribution in [3.63, 3.8) is 0 Å². The van der Waals surface area contributed by atoms with Crippen LogP contribution in [0.1, 0.15) is 44.3 Å². The van der Waals surface area contributed by atoms with Crippen LogP contribution in [0.4, 0.5) is 0 Å². The molecule has 1 aromatic heterocycles. The van der Waals surface area contributed by atoms with Gasteiger partial charge < -0.3 is 14.4 Å². The zero-order valence-corrected chi connectivity index (χ0v) is 12.5.